The van der Waals surface area contributed by atoms with Crippen molar-refractivity contribution in [2.45, 2.75) is 0 Å². The predicted octanol–water partition coefficient (Wildman–Crippen LogP) is 2.67. The van der Waals surface area contributed by atoms with Crippen LogP contribution in [0, 0.1) is 0 Å². The van der Waals surface area contributed by atoms with Crippen LogP contribution >= 0.6 is 0 Å². The number of H-pyrrole nitrogens is 1. The number of nitrogens with one attached hydrogen (secondary N) is 1. The third-order valence-electron chi connectivity index (χ3n) is 3.92. The van der Waals surface area contributed by atoms with Gasteiger partial charge in [-0.15, -0.1) is 0 Å². The molecule has 1 aromatic carbocycles. The molecule has 0 fully saturated rings. The number of fused-ring (bicyclic) bond motifs is 1. The van der Waals surface area contributed by atoms with Crippen molar-refractivity contribution < 1.29 is 5.11 Å². The molecule has 118 valence electrons. The summed E-state index contributed by atoms with van der Waals surface area (Å²) < 4.78 is 1.57. The minimum atomic E-state index is -0.499. The minimum Gasteiger partial charge on any atom is -0.503 e. The summed E-state index contributed by atoms with van der Waals surface area (Å²) in [5.41, 5.74) is 9.92. The Morgan fingerprint density at radius 3 is 2.88 bits per heavy atom. The molecular weight excluding hydrogens is 304 g/mol. The van der Waals surface area contributed by atoms with E-state index in [-0.39, 0.29) is 11.6 Å². The molecule has 6 nitrogen and oxygen atoms in total. The lowest BCUT2D eigenvalue weighted by molar-refractivity contribution is 0.466. The molecule has 0 unspecified atom stereocenters. The Labute approximate surface area is 136 Å². The Bertz CT molecular complexity index is 1110. The van der Waals surface area contributed by atoms with E-state index in [1.54, 1.807) is 4.57 Å². The average Bonchev–Trinajstić information content (AvgIpc) is 3.06. The smallest absolute Gasteiger partial charge is 0.225 e. The first-order valence-corrected chi connectivity index (χ1v) is 7.37. The summed E-state index contributed by atoms with van der Waals surface area (Å²) in [6.45, 7) is 0. The summed E-state index contributed by atoms with van der Waals surface area (Å²) >= 11 is 0. The van der Waals surface area contributed by atoms with Gasteiger partial charge in [-0.2, -0.15) is 0 Å². The quantitative estimate of drug-likeness (QED) is 0.529. The molecule has 0 spiro atoms. The van der Waals surface area contributed by atoms with Crippen LogP contribution in [0.2, 0.25) is 0 Å². The number of aromatic nitrogens is 3. The lowest BCUT2D eigenvalue weighted by atomic mass is 10.1. The Kier molecular flexibility index (Phi) is 3.09. The number of pyridine rings is 2. The molecule has 0 saturated heterocycles. The maximum atomic E-state index is 11.5. The van der Waals surface area contributed by atoms with Gasteiger partial charge in [-0.3, -0.25) is 14.3 Å². The van der Waals surface area contributed by atoms with E-state index in [0.29, 0.717) is 0 Å². The van der Waals surface area contributed by atoms with Gasteiger partial charge in [0.1, 0.15) is 5.82 Å². The van der Waals surface area contributed by atoms with Crippen LogP contribution in [0.1, 0.15) is 0 Å². The van der Waals surface area contributed by atoms with E-state index in [1.807, 2.05) is 48.8 Å². The Morgan fingerprint density at radius 2 is 2.00 bits per heavy atom. The van der Waals surface area contributed by atoms with E-state index in [4.69, 9.17) is 5.73 Å². The fourth-order valence-corrected chi connectivity index (χ4v) is 2.69. The number of anilines is 1. The second-order valence-corrected chi connectivity index (χ2v) is 5.50. The zero-order chi connectivity index (χ0) is 16.7. The average molecular weight is 318 g/mol. The van der Waals surface area contributed by atoms with Gasteiger partial charge < -0.3 is 15.8 Å². The van der Waals surface area contributed by atoms with Gasteiger partial charge >= 0.3 is 0 Å². The van der Waals surface area contributed by atoms with E-state index in [9.17, 15) is 9.90 Å². The Morgan fingerprint density at radius 1 is 1.12 bits per heavy atom. The maximum absolute atomic E-state index is 11.5. The number of nitrogens with two attached hydrogens (primary N) is 1. The number of rotatable bonds is 2. The van der Waals surface area contributed by atoms with Crippen LogP contribution in [0.5, 0.6) is 5.75 Å². The summed E-state index contributed by atoms with van der Waals surface area (Å²) in [4.78, 5) is 19.0. The molecule has 4 aromatic rings. The summed E-state index contributed by atoms with van der Waals surface area (Å²) in [5, 5.41) is 9.66. The van der Waals surface area contributed by atoms with Crippen molar-refractivity contribution in [2.24, 2.45) is 0 Å². The van der Waals surface area contributed by atoms with Crippen molar-refractivity contribution in [3.05, 3.63) is 71.3 Å². The SMILES string of the molecule is Nc1cc(=O)c(O)cn1-c1cccc(-c2cnc3cc[nH]c3c2)c1. The number of hydrogen-bond donors (Lipinski definition) is 3. The van der Waals surface area contributed by atoms with E-state index >= 15 is 0 Å². The fraction of sp³-hybridized carbons (Fsp3) is 0. The van der Waals surface area contributed by atoms with E-state index in [1.165, 1.54) is 12.3 Å². The molecule has 4 rings (SSSR count). The highest BCUT2D eigenvalue weighted by Crippen LogP contribution is 2.25. The second kappa shape index (κ2) is 5.27. The number of aromatic amines is 1. The molecule has 24 heavy (non-hydrogen) atoms. The molecule has 0 aliphatic rings. The van der Waals surface area contributed by atoms with Crippen molar-refractivity contribution in [3.63, 3.8) is 0 Å². The maximum Gasteiger partial charge on any atom is 0.225 e. The Hall–Kier alpha value is -3.54. The van der Waals surface area contributed by atoms with Crippen LogP contribution in [0.15, 0.2) is 65.8 Å². The molecule has 3 aromatic heterocycles. The van der Waals surface area contributed by atoms with Gasteiger partial charge in [0.15, 0.2) is 5.75 Å². The summed E-state index contributed by atoms with van der Waals surface area (Å²) in [7, 11) is 0. The Balaban J connectivity index is 1.84. The van der Waals surface area contributed by atoms with Crippen LogP contribution in [-0.2, 0) is 0 Å². The fourth-order valence-electron chi connectivity index (χ4n) is 2.69. The van der Waals surface area contributed by atoms with Crippen LogP contribution in [0.25, 0.3) is 27.8 Å². The largest absolute Gasteiger partial charge is 0.503 e. The highest BCUT2D eigenvalue weighted by atomic mass is 16.3. The van der Waals surface area contributed by atoms with Crippen LogP contribution < -0.4 is 11.2 Å². The molecule has 0 atom stereocenters. The highest BCUT2D eigenvalue weighted by Gasteiger charge is 2.07. The van der Waals surface area contributed by atoms with Crippen LogP contribution in [-0.4, -0.2) is 19.6 Å². The number of nitrogen functional groups attached to an aromatic ring is 1. The lowest BCUT2D eigenvalue weighted by Gasteiger charge is -2.12. The normalized spacial score (nSPS) is 11.0. The van der Waals surface area contributed by atoms with E-state index in [0.717, 1.165) is 27.8 Å². The van der Waals surface area contributed by atoms with Gasteiger partial charge in [0.05, 0.1) is 17.2 Å². The number of aromatic hydroxyl groups is 1. The molecule has 0 radical (unpaired) electrons. The van der Waals surface area contributed by atoms with Gasteiger partial charge in [0.25, 0.3) is 0 Å². The molecule has 3 heterocycles. The monoisotopic (exact) mass is 318 g/mol. The van der Waals surface area contributed by atoms with E-state index in [2.05, 4.69) is 9.97 Å². The highest BCUT2D eigenvalue weighted by molar-refractivity contribution is 5.81. The number of hydrogen-bond acceptors (Lipinski definition) is 4. The topological polar surface area (TPSA) is 96.9 Å². The van der Waals surface area contributed by atoms with Crippen molar-refractivity contribution >= 4 is 16.9 Å². The first kappa shape index (κ1) is 14.1. The first-order valence-electron chi connectivity index (χ1n) is 7.37. The minimum absolute atomic E-state index is 0.257. The summed E-state index contributed by atoms with van der Waals surface area (Å²) in [6, 6.07) is 12.8. The molecule has 0 saturated carbocycles. The first-order chi connectivity index (χ1) is 11.6. The second-order valence-electron chi connectivity index (χ2n) is 5.50. The van der Waals surface area contributed by atoms with Crippen LogP contribution in [0.3, 0.4) is 0 Å². The standard InChI is InChI=1S/C18H14N4O2/c19-18-8-16(23)17(24)10-22(18)13-3-1-2-11(6-13)12-7-15-14(21-9-12)4-5-20-15/h1-10,20,24H,19H2. The number of benzene rings is 1. The van der Waals surface area contributed by atoms with E-state index < -0.39 is 5.43 Å². The number of nitrogens with zero attached hydrogens (tertiary/aromatic N) is 2. The molecule has 0 aliphatic heterocycles. The van der Waals surface area contributed by atoms with Crippen molar-refractivity contribution in [3.8, 4) is 22.6 Å². The summed E-state index contributed by atoms with van der Waals surface area (Å²) in [6.07, 6.45) is 4.98. The molecular formula is C18H14N4O2. The van der Waals surface area contributed by atoms with Crippen molar-refractivity contribution in [1.29, 1.82) is 0 Å². The van der Waals surface area contributed by atoms with Gasteiger partial charge in [-0.25, -0.2) is 0 Å². The van der Waals surface area contributed by atoms with Gasteiger partial charge in [-0.1, -0.05) is 12.1 Å². The van der Waals surface area contributed by atoms with Crippen molar-refractivity contribution in [1.82, 2.24) is 14.5 Å². The molecule has 0 bridgehead atoms. The summed E-state index contributed by atoms with van der Waals surface area (Å²) in [5.74, 6) is -0.0861. The van der Waals surface area contributed by atoms with Gasteiger partial charge in [0, 0.05) is 29.7 Å². The third-order valence-corrected chi connectivity index (χ3v) is 3.92. The predicted molar refractivity (Wildman–Crippen MR) is 93.2 cm³/mol. The van der Waals surface area contributed by atoms with Crippen molar-refractivity contribution in [2.75, 3.05) is 5.73 Å². The zero-order valence-corrected chi connectivity index (χ0v) is 12.6. The lowest BCUT2D eigenvalue weighted by Crippen LogP contribution is -2.10. The zero-order valence-electron chi connectivity index (χ0n) is 12.6. The molecule has 6 heteroatoms. The molecule has 4 N–H and O–H groups in total. The van der Waals surface area contributed by atoms with Crippen LogP contribution in [0.4, 0.5) is 5.82 Å². The third kappa shape index (κ3) is 2.30. The van der Waals surface area contributed by atoms with Gasteiger partial charge in [-0.05, 0) is 29.8 Å². The molecule has 0 aliphatic carbocycles. The molecule has 0 amide bonds. The van der Waals surface area contributed by atoms with Gasteiger partial charge in [0.2, 0.25) is 5.43 Å².